The van der Waals surface area contributed by atoms with Gasteiger partial charge in [0.05, 0.1) is 0 Å². The molecule has 0 radical (unpaired) electrons. The lowest BCUT2D eigenvalue weighted by molar-refractivity contribution is 0.0632. The summed E-state index contributed by atoms with van der Waals surface area (Å²) < 4.78 is 6.84. The number of fused-ring (bicyclic) bond motifs is 2. The molecule has 92 valence electrons. The number of halogens is 1. The second kappa shape index (κ2) is 4.58. The average Bonchev–Trinajstić information content (AvgIpc) is 2.52. The van der Waals surface area contributed by atoms with E-state index in [4.69, 9.17) is 4.74 Å². The predicted molar refractivity (Wildman–Crippen MR) is 70.2 cm³/mol. The van der Waals surface area contributed by atoms with Crippen molar-refractivity contribution in [2.45, 2.75) is 43.9 Å². The molecular weight excluding hydrogens is 280 g/mol. The van der Waals surface area contributed by atoms with Crippen LogP contribution < -0.4 is 4.74 Å². The highest BCUT2D eigenvalue weighted by Crippen LogP contribution is 2.35. The molecule has 2 bridgehead atoms. The summed E-state index contributed by atoms with van der Waals surface area (Å²) >= 11 is 3.37. The second-order valence-corrected chi connectivity index (χ2v) is 5.87. The van der Waals surface area contributed by atoms with Gasteiger partial charge in [0.15, 0.2) is 0 Å². The van der Waals surface area contributed by atoms with Crippen molar-refractivity contribution in [1.82, 2.24) is 9.88 Å². The Balaban J connectivity index is 1.67. The Labute approximate surface area is 110 Å². The minimum atomic E-state index is 0.338. The van der Waals surface area contributed by atoms with Gasteiger partial charge < -0.3 is 9.64 Å². The topological polar surface area (TPSA) is 25.4 Å². The molecule has 1 aromatic heterocycles. The lowest BCUT2D eigenvalue weighted by Crippen LogP contribution is -2.43. The number of hydrogen-bond acceptors (Lipinski definition) is 3. The van der Waals surface area contributed by atoms with Crippen LogP contribution in [0.25, 0.3) is 0 Å². The normalized spacial score (nSPS) is 32.7. The van der Waals surface area contributed by atoms with E-state index in [1.807, 2.05) is 18.2 Å². The van der Waals surface area contributed by atoms with Crippen molar-refractivity contribution in [2.75, 3.05) is 7.05 Å². The molecule has 2 fully saturated rings. The Bertz CT molecular complexity index is 398. The highest BCUT2D eigenvalue weighted by molar-refractivity contribution is 9.10. The molecule has 1 aromatic rings. The number of pyridine rings is 1. The van der Waals surface area contributed by atoms with Crippen LogP contribution in [0.4, 0.5) is 0 Å². The summed E-state index contributed by atoms with van der Waals surface area (Å²) in [5.41, 5.74) is 0. The van der Waals surface area contributed by atoms with Crippen LogP contribution in [0.3, 0.4) is 0 Å². The molecule has 3 heterocycles. The van der Waals surface area contributed by atoms with E-state index in [-0.39, 0.29) is 0 Å². The van der Waals surface area contributed by atoms with Gasteiger partial charge >= 0.3 is 0 Å². The van der Waals surface area contributed by atoms with Crippen LogP contribution in [0, 0.1) is 0 Å². The van der Waals surface area contributed by atoms with E-state index in [0.29, 0.717) is 18.2 Å². The van der Waals surface area contributed by atoms with Crippen LogP contribution in [0.5, 0.6) is 5.88 Å². The molecule has 0 N–H and O–H groups in total. The average molecular weight is 297 g/mol. The molecule has 0 spiro atoms. The Kier molecular flexibility index (Phi) is 3.09. The zero-order valence-corrected chi connectivity index (χ0v) is 11.6. The lowest BCUT2D eigenvalue weighted by atomic mass is 10.0. The lowest BCUT2D eigenvalue weighted by Gasteiger charge is -2.36. The fraction of sp³-hybridized carbons (Fsp3) is 0.615. The van der Waals surface area contributed by atoms with E-state index in [1.54, 1.807) is 0 Å². The zero-order chi connectivity index (χ0) is 11.8. The van der Waals surface area contributed by atoms with Crippen molar-refractivity contribution in [3.05, 3.63) is 22.8 Å². The fourth-order valence-corrected chi connectivity index (χ4v) is 3.41. The smallest absolute Gasteiger partial charge is 0.214 e. The van der Waals surface area contributed by atoms with Crippen molar-refractivity contribution >= 4 is 15.9 Å². The van der Waals surface area contributed by atoms with Gasteiger partial charge in [-0.2, -0.15) is 0 Å². The van der Waals surface area contributed by atoms with Gasteiger partial charge in [0.2, 0.25) is 5.88 Å². The summed E-state index contributed by atoms with van der Waals surface area (Å²) in [6.45, 7) is 0. The predicted octanol–water partition coefficient (Wildman–Crippen LogP) is 2.85. The van der Waals surface area contributed by atoms with Crippen LogP contribution >= 0.6 is 15.9 Å². The highest BCUT2D eigenvalue weighted by Gasteiger charge is 2.39. The fourth-order valence-electron chi connectivity index (χ4n) is 3.08. The molecule has 0 amide bonds. The standard InChI is InChI=1S/C13H17BrN2O/c1-16-9-5-6-10(16)8-11(7-9)17-13-4-2-3-12(14)15-13/h2-4,9-11H,5-8H2,1H3/t9-,10+,11?. The molecule has 2 aliphatic heterocycles. The summed E-state index contributed by atoms with van der Waals surface area (Å²) in [6.07, 6.45) is 5.27. The maximum Gasteiger partial charge on any atom is 0.214 e. The summed E-state index contributed by atoms with van der Waals surface area (Å²) in [7, 11) is 2.25. The number of rotatable bonds is 2. The van der Waals surface area contributed by atoms with Crippen LogP contribution in [-0.2, 0) is 0 Å². The minimum Gasteiger partial charge on any atom is -0.474 e. The first-order chi connectivity index (χ1) is 8.22. The van der Waals surface area contributed by atoms with Crippen LogP contribution in [0.2, 0.25) is 0 Å². The third kappa shape index (κ3) is 2.33. The van der Waals surface area contributed by atoms with E-state index < -0.39 is 0 Å². The van der Waals surface area contributed by atoms with E-state index >= 15 is 0 Å². The molecule has 17 heavy (non-hydrogen) atoms. The van der Waals surface area contributed by atoms with E-state index in [0.717, 1.165) is 23.3 Å². The van der Waals surface area contributed by atoms with Crippen molar-refractivity contribution in [3.8, 4) is 5.88 Å². The van der Waals surface area contributed by atoms with Crippen LogP contribution in [0.1, 0.15) is 25.7 Å². The van der Waals surface area contributed by atoms with Gasteiger partial charge in [0.25, 0.3) is 0 Å². The number of aromatic nitrogens is 1. The molecule has 0 saturated carbocycles. The third-order valence-corrected chi connectivity index (χ3v) is 4.47. The first-order valence-corrected chi connectivity index (χ1v) is 7.03. The second-order valence-electron chi connectivity index (χ2n) is 5.06. The molecule has 1 unspecified atom stereocenters. The Morgan fingerprint density at radius 1 is 1.29 bits per heavy atom. The van der Waals surface area contributed by atoms with Crippen molar-refractivity contribution in [3.63, 3.8) is 0 Å². The van der Waals surface area contributed by atoms with E-state index in [2.05, 4.69) is 32.9 Å². The molecule has 0 aliphatic carbocycles. The number of piperidine rings is 1. The highest BCUT2D eigenvalue weighted by atomic mass is 79.9. The summed E-state index contributed by atoms with van der Waals surface area (Å²) in [6, 6.07) is 7.25. The Morgan fingerprint density at radius 3 is 2.65 bits per heavy atom. The molecule has 2 aliphatic rings. The molecule has 3 atom stereocenters. The van der Waals surface area contributed by atoms with Crippen LogP contribution in [-0.4, -0.2) is 35.1 Å². The number of ether oxygens (including phenoxy) is 1. The van der Waals surface area contributed by atoms with Gasteiger partial charge in [0.1, 0.15) is 10.7 Å². The molecule has 2 saturated heterocycles. The molecule has 4 heteroatoms. The SMILES string of the molecule is CN1[C@@H]2CC[C@H]1CC(Oc1cccc(Br)n1)C2. The van der Waals surface area contributed by atoms with Gasteiger partial charge in [-0.3, -0.25) is 0 Å². The monoisotopic (exact) mass is 296 g/mol. The number of hydrogen-bond donors (Lipinski definition) is 0. The van der Waals surface area contributed by atoms with Gasteiger partial charge in [-0.25, -0.2) is 4.98 Å². The van der Waals surface area contributed by atoms with E-state index in [1.165, 1.54) is 12.8 Å². The summed E-state index contributed by atoms with van der Waals surface area (Å²) in [4.78, 5) is 6.86. The first-order valence-electron chi connectivity index (χ1n) is 6.23. The van der Waals surface area contributed by atoms with E-state index in [9.17, 15) is 0 Å². The van der Waals surface area contributed by atoms with Crippen molar-refractivity contribution in [1.29, 1.82) is 0 Å². The quantitative estimate of drug-likeness (QED) is 0.785. The summed E-state index contributed by atoms with van der Waals surface area (Å²) in [5.74, 6) is 0.744. The van der Waals surface area contributed by atoms with Crippen LogP contribution in [0.15, 0.2) is 22.8 Å². The number of nitrogens with zero attached hydrogens (tertiary/aromatic N) is 2. The van der Waals surface area contributed by atoms with Gasteiger partial charge in [-0.1, -0.05) is 6.07 Å². The first kappa shape index (κ1) is 11.5. The molecular formula is C13H17BrN2O. The molecule has 0 aromatic carbocycles. The Hall–Kier alpha value is -0.610. The molecule has 3 nitrogen and oxygen atoms in total. The van der Waals surface area contributed by atoms with Gasteiger partial charge in [-0.15, -0.1) is 0 Å². The minimum absolute atomic E-state index is 0.338. The molecule has 3 rings (SSSR count). The van der Waals surface area contributed by atoms with Crippen molar-refractivity contribution < 1.29 is 4.74 Å². The van der Waals surface area contributed by atoms with Gasteiger partial charge in [-0.05, 0) is 54.7 Å². The zero-order valence-electron chi connectivity index (χ0n) is 9.97. The summed E-state index contributed by atoms with van der Waals surface area (Å²) in [5, 5.41) is 0. The maximum absolute atomic E-state index is 6.00. The third-order valence-electron chi connectivity index (χ3n) is 4.03. The maximum atomic E-state index is 6.00. The largest absolute Gasteiger partial charge is 0.474 e. The van der Waals surface area contributed by atoms with Crippen molar-refractivity contribution in [2.24, 2.45) is 0 Å². The Morgan fingerprint density at radius 2 is 2.00 bits per heavy atom. The van der Waals surface area contributed by atoms with Gasteiger partial charge in [0, 0.05) is 18.2 Å².